The van der Waals surface area contributed by atoms with E-state index in [-0.39, 0.29) is 24.1 Å². The molecule has 0 N–H and O–H groups in total. The van der Waals surface area contributed by atoms with Gasteiger partial charge < -0.3 is 18.9 Å². The van der Waals surface area contributed by atoms with E-state index >= 15 is 0 Å². The van der Waals surface area contributed by atoms with Gasteiger partial charge in [0.2, 0.25) is 5.91 Å². The van der Waals surface area contributed by atoms with E-state index in [2.05, 4.69) is 10.1 Å². The molecule has 8 heteroatoms. The van der Waals surface area contributed by atoms with Crippen LogP contribution in [0, 0.1) is 5.82 Å². The van der Waals surface area contributed by atoms with E-state index in [0.717, 1.165) is 0 Å². The molecular weight excluding hydrogens is 365 g/mol. The minimum atomic E-state index is -0.387. The third-order valence-electron chi connectivity index (χ3n) is 4.65. The Bertz CT molecular complexity index is 998. The van der Waals surface area contributed by atoms with Crippen molar-refractivity contribution in [2.24, 2.45) is 0 Å². The summed E-state index contributed by atoms with van der Waals surface area (Å²) in [4.78, 5) is 18.4. The van der Waals surface area contributed by atoms with Crippen LogP contribution in [0.1, 0.15) is 18.2 Å². The molecule has 0 saturated carbocycles. The van der Waals surface area contributed by atoms with Crippen molar-refractivity contribution in [2.75, 3.05) is 25.7 Å². The third-order valence-corrected chi connectivity index (χ3v) is 4.65. The lowest BCUT2D eigenvalue weighted by atomic mass is 10.1. The number of carbonyl (C=O) groups excluding carboxylic acids is 1. The lowest BCUT2D eigenvalue weighted by Crippen LogP contribution is -2.24. The Hall–Kier alpha value is -3.42. The summed E-state index contributed by atoms with van der Waals surface area (Å²) in [5.74, 6) is 1.21. The monoisotopic (exact) mass is 383 g/mol. The molecule has 1 aliphatic heterocycles. The molecule has 0 spiro atoms. The Balaban J connectivity index is 1.58. The number of amides is 1. The highest BCUT2D eigenvalue weighted by Crippen LogP contribution is 2.33. The zero-order valence-electron chi connectivity index (χ0n) is 15.4. The second-order valence-electron chi connectivity index (χ2n) is 6.44. The lowest BCUT2D eigenvalue weighted by Gasteiger charge is -2.15. The number of nitrogens with zero attached hydrogens (tertiary/aromatic N) is 3. The van der Waals surface area contributed by atoms with Gasteiger partial charge in [-0.15, -0.1) is 0 Å². The van der Waals surface area contributed by atoms with Crippen LogP contribution in [0.2, 0.25) is 0 Å². The molecule has 144 valence electrons. The maximum absolute atomic E-state index is 13.5. The van der Waals surface area contributed by atoms with Gasteiger partial charge in [0.05, 0.1) is 14.2 Å². The van der Waals surface area contributed by atoms with Crippen molar-refractivity contribution in [1.82, 2.24) is 10.1 Å². The van der Waals surface area contributed by atoms with Gasteiger partial charge in [0.25, 0.3) is 5.89 Å². The summed E-state index contributed by atoms with van der Waals surface area (Å²) in [5.41, 5.74) is 1.18. The largest absolute Gasteiger partial charge is 0.497 e. The van der Waals surface area contributed by atoms with E-state index in [1.807, 2.05) is 0 Å². The van der Waals surface area contributed by atoms with Gasteiger partial charge in [0.1, 0.15) is 17.3 Å². The number of anilines is 1. The van der Waals surface area contributed by atoms with Gasteiger partial charge in [-0.25, -0.2) is 4.39 Å². The quantitative estimate of drug-likeness (QED) is 0.672. The topological polar surface area (TPSA) is 77.7 Å². The molecule has 0 bridgehead atoms. The molecule has 4 rings (SSSR count). The molecule has 2 heterocycles. The number of ether oxygens (including phenoxy) is 2. The molecule has 28 heavy (non-hydrogen) atoms. The van der Waals surface area contributed by atoms with Crippen LogP contribution in [0.5, 0.6) is 11.5 Å². The highest BCUT2D eigenvalue weighted by atomic mass is 19.1. The summed E-state index contributed by atoms with van der Waals surface area (Å²) in [6.45, 7) is 0.364. The molecule has 1 aliphatic rings. The summed E-state index contributed by atoms with van der Waals surface area (Å²) >= 11 is 0. The smallest absolute Gasteiger partial charge is 0.258 e. The molecule has 1 fully saturated rings. The first-order valence-electron chi connectivity index (χ1n) is 8.70. The number of rotatable bonds is 5. The van der Waals surface area contributed by atoms with Crippen LogP contribution in [0.25, 0.3) is 11.5 Å². The van der Waals surface area contributed by atoms with Crippen molar-refractivity contribution >= 4 is 11.6 Å². The molecular formula is C20H18FN3O4. The van der Waals surface area contributed by atoms with Crippen molar-refractivity contribution in [3.63, 3.8) is 0 Å². The fourth-order valence-electron chi connectivity index (χ4n) is 3.22. The zero-order valence-corrected chi connectivity index (χ0v) is 15.4. The summed E-state index contributed by atoms with van der Waals surface area (Å²) in [7, 11) is 3.12. The van der Waals surface area contributed by atoms with Gasteiger partial charge in [0.15, 0.2) is 5.82 Å². The summed E-state index contributed by atoms with van der Waals surface area (Å²) in [6.07, 6.45) is 0.233. The van der Waals surface area contributed by atoms with Crippen molar-refractivity contribution in [3.8, 4) is 23.0 Å². The zero-order chi connectivity index (χ0) is 19.7. The minimum absolute atomic E-state index is 0.106. The molecule has 2 aromatic carbocycles. The normalized spacial score (nSPS) is 16.5. The van der Waals surface area contributed by atoms with Gasteiger partial charge in [-0.05, 0) is 30.3 Å². The van der Waals surface area contributed by atoms with Crippen molar-refractivity contribution < 1.29 is 23.2 Å². The Morgan fingerprint density at radius 2 is 1.89 bits per heavy atom. The Labute approximate surface area is 160 Å². The Morgan fingerprint density at radius 3 is 2.57 bits per heavy atom. The van der Waals surface area contributed by atoms with Gasteiger partial charge in [-0.3, -0.25) is 4.79 Å². The van der Waals surface area contributed by atoms with E-state index < -0.39 is 0 Å². The third kappa shape index (κ3) is 3.40. The number of hydrogen-bond donors (Lipinski definition) is 0. The summed E-state index contributed by atoms with van der Waals surface area (Å²) < 4.78 is 29.4. The first-order chi connectivity index (χ1) is 13.6. The molecule has 1 atom stereocenters. The van der Waals surface area contributed by atoms with Gasteiger partial charge >= 0.3 is 0 Å². The second-order valence-corrected chi connectivity index (χ2v) is 6.44. The van der Waals surface area contributed by atoms with E-state index in [1.54, 1.807) is 49.5 Å². The van der Waals surface area contributed by atoms with E-state index in [1.165, 1.54) is 12.1 Å². The maximum Gasteiger partial charge on any atom is 0.258 e. The van der Waals surface area contributed by atoms with E-state index in [9.17, 15) is 9.18 Å². The SMILES string of the molecule is COc1cc(OC)cc(-c2nc(C3CC(=O)N(c4cccc(F)c4)C3)no2)c1. The first kappa shape index (κ1) is 18.0. The van der Waals surface area contributed by atoms with Crippen LogP contribution in [-0.2, 0) is 4.79 Å². The Kier molecular flexibility index (Phi) is 4.68. The fourth-order valence-corrected chi connectivity index (χ4v) is 3.22. The predicted molar refractivity (Wildman–Crippen MR) is 98.9 cm³/mol. The lowest BCUT2D eigenvalue weighted by molar-refractivity contribution is -0.117. The van der Waals surface area contributed by atoms with Crippen LogP contribution in [0.4, 0.5) is 10.1 Å². The molecule has 0 radical (unpaired) electrons. The number of hydrogen-bond acceptors (Lipinski definition) is 6. The average molecular weight is 383 g/mol. The van der Waals surface area contributed by atoms with Crippen molar-refractivity contribution in [1.29, 1.82) is 0 Å². The maximum atomic E-state index is 13.5. The summed E-state index contributed by atoms with van der Waals surface area (Å²) in [6, 6.07) is 11.2. The number of benzene rings is 2. The van der Waals surface area contributed by atoms with E-state index in [0.29, 0.717) is 41.0 Å². The first-order valence-corrected chi connectivity index (χ1v) is 8.70. The molecule has 1 saturated heterocycles. The van der Waals surface area contributed by atoms with Crippen LogP contribution in [0.3, 0.4) is 0 Å². The number of carbonyl (C=O) groups is 1. The Morgan fingerprint density at radius 1 is 1.14 bits per heavy atom. The number of aromatic nitrogens is 2. The molecule has 1 unspecified atom stereocenters. The van der Waals surface area contributed by atoms with Crippen LogP contribution >= 0.6 is 0 Å². The van der Waals surface area contributed by atoms with Gasteiger partial charge in [0, 0.05) is 36.2 Å². The summed E-state index contributed by atoms with van der Waals surface area (Å²) in [5, 5.41) is 4.04. The molecule has 1 aromatic heterocycles. The second kappa shape index (κ2) is 7.30. The molecule has 3 aromatic rings. The van der Waals surface area contributed by atoms with Crippen molar-refractivity contribution in [2.45, 2.75) is 12.3 Å². The average Bonchev–Trinajstić information content (AvgIpc) is 3.34. The van der Waals surface area contributed by atoms with Crippen LogP contribution < -0.4 is 14.4 Å². The highest BCUT2D eigenvalue weighted by Gasteiger charge is 2.34. The minimum Gasteiger partial charge on any atom is -0.497 e. The highest BCUT2D eigenvalue weighted by molar-refractivity contribution is 5.96. The van der Waals surface area contributed by atoms with Gasteiger partial charge in [-0.2, -0.15) is 4.98 Å². The fraction of sp³-hybridized carbons (Fsp3) is 0.250. The standard InChI is InChI=1S/C20H18FN3O4/c1-26-16-6-12(7-17(10-16)27-2)20-22-19(23-28-20)13-8-18(25)24(11-13)15-5-3-4-14(21)9-15/h3-7,9-10,13H,8,11H2,1-2H3. The van der Waals surface area contributed by atoms with Crippen LogP contribution in [-0.4, -0.2) is 36.8 Å². The molecule has 7 nitrogen and oxygen atoms in total. The molecule has 1 amide bonds. The van der Waals surface area contributed by atoms with E-state index in [4.69, 9.17) is 14.0 Å². The van der Waals surface area contributed by atoms with Crippen molar-refractivity contribution in [3.05, 3.63) is 54.1 Å². The predicted octanol–water partition coefficient (Wildman–Crippen LogP) is 3.41. The molecule has 0 aliphatic carbocycles. The van der Waals surface area contributed by atoms with Gasteiger partial charge in [-0.1, -0.05) is 11.2 Å². The number of halogens is 1. The van der Waals surface area contributed by atoms with Crippen LogP contribution in [0.15, 0.2) is 47.0 Å². The number of methoxy groups -OCH3 is 2.